The minimum absolute atomic E-state index is 0.0140. The second kappa shape index (κ2) is 11.7. The largest absolute Gasteiger partial charge is 0.505 e. The first-order chi connectivity index (χ1) is 21.8. The molecule has 2 heterocycles. The predicted octanol–water partition coefficient (Wildman–Crippen LogP) is 4.26. The Morgan fingerprint density at radius 2 is 1.61 bits per heavy atom. The summed E-state index contributed by atoms with van der Waals surface area (Å²) >= 11 is 0. The average molecular weight is 648 g/mol. The molecule has 2 N–H and O–H groups in total. The van der Waals surface area contributed by atoms with Gasteiger partial charge < -0.3 is 24.1 Å². The van der Waals surface area contributed by atoms with Crippen LogP contribution in [0.4, 0.5) is 9.18 Å². The summed E-state index contributed by atoms with van der Waals surface area (Å²) in [5, 5.41) is 23.9. The van der Waals surface area contributed by atoms with Crippen molar-refractivity contribution in [2.45, 2.75) is 50.5 Å². The molecule has 242 valence electrons. The Balaban J connectivity index is 1.43. The second-order valence-corrected chi connectivity index (χ2v) is 17.7. The van der Waals surface area contributed by atoms with Crippen LogP contribution in [-0.2, 0) is 23.5 Å². The van der Waals surface area contributed by atoms with Gasteiger partial charge in [-0.1, -0.05) is 87.5 Å². The molecule has 2 saturated heterocycles. The molecule has 1 saturated carbocycles. The van der Waals surface area contributed by atoms with E-state index in [-0.39, 0.29) is 24.5 Å². The molecule has 3 aromatic carbocycles. The Morgan fingerprint density at radius 1 is 1.00 bits per heavy atom. The fourth-order valence-electron chi connectivity index (χ4n) is 7.86. The maximum Gasteiger partial charge on any atom is 0.423 e. The van der Waals surface area contributed by atoms with Crippen LogP contribution in [0.3, 0.4) is 0 Å². The first kappa shape index (κ1) is 32.1. The van der Waals surface area contributed by atoms with E-state index in [1.165, 1.54) is 12.1 Å². The molecule has 3 amide bonds. The van der Waals surface area contributed by atoms with Crippen LogP contribution < -0.4 is 10.4 Å². The number of carbonyl (C=O) groups is 3. The van der Waals surface area contributed by atoms with E-state index in [1.54, 1.807) is 0 Å². The van der Waals surface area contributed by atoms with Gasteiger partial charge >= 0.3 is 6.09 Å². The van der Waals surface area contributed by atoms with Gasteiger partial charge in [0.25, 0.3) is 8.32 Å². The molecule has 2 aliphatic heterocycles. The van der Waals surface area contributed by atoms with Crippen molar-refractivity contribution in [3.05, 3.63) is 90.2 Å². The topological polar surface area (TPSA) is 123 Å². The number of imide groups is 3. The van der Waals surface area contributed by atoms with E-state index in [0.717, 1.165) is 23.5 Å². The van der Waals surface area contributed by atoms with Crippen molar-refractivity contribution in [2.75, 3.05) is 13.7 Å². The average Bonchev–Trinajstić information content (AvgIpc) is 3.52. The number of methoxy groups -OCH3 is 1. The number of fused-ring (bicyclic) bond motifs is 3. The zero-order valence-electron chi connectivity index (χ0n) is 26.2. The summed E-state index contributed by atoms with van der Waals surface area (Å²) < 4.78 is 32.7. The Kier molecular flexibility index (Phi) is 8.16. The number of rotatable bonds is 6. The summed E-state index contributed by atoms with van der Waals surface area (Å²) in [5.74, 6) is -8.43. The number of nitrogens with zero attached hydrogens (tertiary/aromatic N) is 1. The summed E-state index contributed by atoms with van der Waals surface area (Å²) in [7, 11) is -1.99. The normalized spacial score (nSPS) is 27.8. The van der Waals surface area contributed by atoms with Gasteiger partial charge in [-0.25, -0.2) is 9.18 Å². The van der Waals surface area contributed by atoms with Crippen LogP contribution in [0.5, 0.6) is 5.75 Å². The Labute approximate surface area is 268 Å². The third-order valence-electron chi connectivity index (χ3n) is 9.98. The third-order valence-corrected chi connectivity index (χ3v) is 15.0. The van der Waals surface area contributed by atoms with Crippen LogP contribution >= 0.6 is 0 Å². The van der Waals surface area contributed by atoms with E-state index in [0.29, 0.717) is 10.5 Å². The van der Waals surface area contributed by atoms with Gasteiger partial charge in [0, 0.05) is 18.4 Å². The number of ether oxygens (including phenoxy) is 2. The molecule has 0 spiro atoms. The number of amides is 3. The molecular weight excluding hydrogens is 609 g/mol. The SMILES string of the molecule is COC(=O)N1C(=O)[C@H]2[C@H](C[C@H](CO[Si](c3ccccc3)(c3ccccc3)C(C)(C)C)[C@@]3(O)O[C@H](c4ccc(O)c(F)c4)C[C@@H]23)C1=O. The fourth-order valence-corrected chi connectivity index (χ4v) is 12.5. The van der Waals surface area contributed by atoms with Gasteiger partial charge in [-0.05, 0) is 45.9 Å². The molecule has 6 atom stereocenters. The molecule has 6 rings (SSSR count). The lowest BCUT2D eigenvalue weighted by Gasteiger charge is -2.48. The number of phenols is 1. The molecule has 0 bridgehead atoms. The highest BCUT2D eigenvalue weighted by Crippen LogP contribution is 2.58. The molecule has 9 nitrogen and oxygen atoms in total. The Morgan fingerprint density at radius 3 is 2.15 bits per heavy atom. The standard InChI is InChI=1S/C35H38FNO8Si/c1-34(2,3)46(23-11-7-5-8-12-23,24-13-9-6-10-14-24)44-20-22-18-25-30(32(40)37(31(25)39)33(41)43-4)26-19-29(45-35(22,26)42)21-15-16-28(38)27(36)17-21/h5-17,22,25-26,29-30,38,42H,18-20H2,1-4H3/t22-,25+,26+,29+,30+,35-/m1/s1. The quantitative estimate of drug-likeness (QED) is 0.301. The maximum absolute atomic E-state index is 14.4. The Hall–Kier alpha value is -3.90. The number of hydrogen-bond acceptors (Lipinski definition) is 8. The number of hydrogen-bond donors (Lipinski definition) is 2. The monoisotopic (exact) mass is 647 g/mol. The van der Waals surface area contributed by atoms with Crippen LogP contribution in [0.15, 0.2) is 78.9 Å². The van der Waals surface area contributed by atoms with Crippen molar-refractivity contribution in [2.24, 2.45) is 23.7 Å². The second-order valence-electron chi connectivity index (χ2n) is 13.4. The summed E-state index contributed by atoms with van der Waals surface area (Å²) in [6.07, 6.45) is -1.84. The predicted molar refractivity (Wildman–Crippen MR) is 168 cm³/mol. The number of aromatic hydroxyl groups is 1. The van der Waals surface area contributed by atoms with Gasteiger partial charge in [-0.3, -0.25) is 9.59 Å². The molecule has 1 aliphatic carbocycles. The van der Waals surface area contributed by atoms with Crippen LogP contribution in [0.2, 0.25) is 5.04 Å². The third kappa shape index (κ3) is 4.97. The van der Waals surface area contributed by atoms with E-state index in [9.17, 15) is 29.0 Å². The minimum Gasteiger partial charge on any atom is -0.505 e. The lowest BCUT2D eigenvalue weighted by molar-refractivity contribution is -0.273. The molecule has 0 aromatic heterocycles. The zero-order chi connectivity index (χ0) is 33.0. The van der Waals surface area contributed by atoms with Crippen molar-refractivity contribution in [1.82, 2.24) is 4.90 Å². The smallest absolute Gasteiger partial charge is 0.423 e. The first-order valence-electron chi connectivity index (χ1n) is 15.4. The van der Waals surface area contributed by atoms with Gasteiger partial charge in [0.15, 0.2) is 17.4 Å². The van der Waals surface area contributed by atoms with Crippen molar-refractivity contribution >= 4 is 36.6 Å². The van der Waals surface area contributed by atoms with E-state index >= 15 is 0 Å². The summed E-state index contributed by atoms with van der Waals surface area (Å²) in [6, 6.07) is 23.8. The molecule has 3 aliphatic rings. The zero-order valence-corrected chi connectivity index (χ0v) is 27.2. The minimum atomic E-state index is -3.09. The van der Waals surface area contributed by atoms with Crippen molar-refractivity contribution in [3.63, 3.8) is 0 Å². The molecule has 3 aromatic rings. The first-order valence-corrected chi connectivity index (χ1v) is 17.3. The molecule has 0 radical (unpaired) electrons. The number of benzene rings is 3. The van der Waals surface area contributed by atoms with Crippen LogP contribution in [0.1, 0.15) is 45.3 Å². The van der Waals surface area contributed by atoms with Crippen LogP contribution in [-0.4, -0.2) is 60.8 Å². The molecule has 11 heteroatoms. The van der Waals surface area contributed by atoms with Gasteiger partial charge in [0.2, 0.25) is 11.8 Å². The summed E-state index contributed by atoms with van der Waals surface area (Å²) in [4.78, 5) is 40.3. The van der Waals surface area contributed by atoms with E-state index in [4.69, 9.17) is 13.9 Å². The molecule has 3 fully saturated rings. The molecule has 46 heavy (non-hydrogen) atoms. The van der Waals surface area contributed by atoms with Crippen molar-refractivity contribution in [3.8, 4) is 5.75 Å². The molecular formula is C35H38FNO8Si. The fraction of sp³-hybridized carbons (Fsp3) is 0.400. The lowest BCUT2D eigenvalue weighted by atomic mass is 9.64. The van der Waals surface area contributed by atoms with E-state index in [1.807, 2.05) is 60.7 Å². The number of halogens is 1. The molecule has 0 unspecified atom stereocenters. The Bertz CT molecular complexity index is 1610. The number of carbonyl (C=O) groups excluding carboxylic acids is 3. The highest BCUT2D eigenvalue weighted by molar-refractivity contribution is 6.99. The highest BCUT2D eigenvalue weighted by atomic mass is 28.4. The van der Waals surface area contributed by atoms with Crippen LogP contribution in [0, 0.1) is 29.5 Å². The lowest BCUT2D eigenvalue weighted by Crippen LogP contribution is -2.67. The van der Waals surface area contributed by atoms with Gasteiger partial charge in [-0.15, -0.1) is 0 Å². The number of phenolic OH excluding ortho intramolecular Hbond substituents is 1. The summed E-state index contributed by atoms with van der Waals surface area (Å²) in [5.41, 5.74) is 0.364. The maximum atomic E-state index is 14.4. The van der Waals surface area contributed by atoms with Crippen LogP contribution in [0.25, 0.3) is 0 Å². The number of likely N-dealkylation sites (tertiary alicyclic amines) is 1. The van der Waals surface area contributed by atoms with Gasteiger partial charge in [0.1, 0.15) is 0 Å². The van der Waals surface area contributed by atoms with Gasteiger partial charge in [0.05, 0.1) is 25.0 Å². The van der Waals surface area contributed by atoms with Crippen molar-refractivity contribution < 1.29 is 42.9 Å². The van der Waals surface area contributed by atoms with Gasteiger partial charge in [-0.2, -0.15) is 4.90 Å². The highest BCUT2D eigenvalue weighted by Gasteiger charge is 2.68. The summed E-state index contributed by atoms with van der Waals surface area (Å²) in [6.45, 7) is 6.37. The van der Waals surface area contributed by atoms with E-state index < -0.39 is 73.4 Å². The number of aliphatic hydroxyl groups is 1. The van der Waals surface area contributed by atoms with E-state index in [2.05, 4.69) is 20.8 Å². The van der Waals surface area contributed by atoms with Crippen molar-refractivity contribution in [1.29, 1.82) is 0 Å².